The highest BCUT2D eigenvalue weighted by Gasteiger charge is 2.09. The third kappa shape index (κ3) is 3.24. The van der Waals surface area contributed by atoms with Crippen molar-refractivity contribution in [3.05, 3.63) is 41.2 Å². The Balaban J connectivity index is 2.12. The Morgan fingerprint density at radius 3 is 2.94 bits per heavy atom. The molecule has 0 saturated carbocycles. The van der Waals surface area contributed by atoms with Gasteiger partial charge in [0.25, 0.3) is 0 Å². The molecule has 0 spiro atoms. The van der Waals surface area contributed by atoms with Crippen LogP contribution in [0.25, 0.3) is 0 Å². The van der Waals surface area contributed by atoms with Crippen molar-refractivity contribution in [2.75, 3.05) is 5.75 Å². The molecule has 2 aromatic rings. The molecule has 0 aliphatic rings. The Kier molecular flexibility index (Phi) is 4.22. The van der Waals surface area contributed by atoms with Gasteiger partial charge in [-0.05, 0) is 11.6 Å². The lowest BCUT2D eigenvalue weighted by molar-refractivity contribution is -0.133. The molecule has 1 aromatic heterocycles. The summed E-state index contributed by atoms with van der Waals surface area (Å²) in [6, 6.07) is 7.48. The second-order valence-corrected chi connectivity index (χ2v) is 4.86. The zero-order valence-electron chi connectivity index (χ0n) is 9.28. The summed E-state index contributed by atoms with van der Waals surface area (Å²) in [5.41, 5.74) is 0.941. The molecule has 0 radical (unpaired) electrons. The highest BCUT2D eigenvalue weighted by molar-refractivity contribution is 7.99. The van der Waals surface area contributed by atoms with E-state index in [1.807, 2.05) is 24.3 Å². The number of hydrogen-bond donors (Lipinski definition) is 1. The lowest BCUT2D eigenvalue weighted by Crippen LogP contribution is -2.04. The van der Waals surface area contributed by atoms with Crippen LogP contribution in [0.1, 0.15) is 5.56 Å². The first-order valence-corrected chi connectivity index (χ1v) is 6.49. The van der Waals surface area contributed by atoms with Crippen molar-refractivity contribution in [3.8, 4) is 0 Å². The van der Waals surface area contributed by atoms with Gasteiger partial charge in [-0.25, -0.2) is 0 Å². The van der Waals surface area contributed by atoms with E-state index in [1.165, 1.54) is 0 Å². The van der Waals surface area contributed by atoms with Crippen LogP contribution in [-0.4, -0.2) is 31.6 Å². The second-order valence-electron chi connectivity index (χ2n) is 3.52. The molecule has 1 heterocycles. The monoisotopic (exact) mass is 283 g/mol. The maximum atomic E-state index is 10.5. The van der Waals surface area contributed by atoms with Crippen LogP contribution in [0.15, 0.2) is 35.7 Å². The topological polar surface area (TPSA) is 68.0 Å². The van der Waals surface area contributed by atoms with Crippen LogP contribution in [-0.2, 0) is 11.3 Å². The lowest BCUT2D eigenvalue weighted by atomic mass is 10.2. The largest absolute Gasteiger partial charge is 0.481 e. The first kappa shape index (κ1) is 12.9. The van der Waals surface area contributed by atoms with Crippen molar-refractivity contribution in [1.82, 2.24) is 14.8 Å². The Bertz CT molecular complexity index is 559. The van der Waals surface area contributed by atoms with Crippen LogP contribution in [0, 0.1) is 0 Å². The fraction of sp³-hybridized carbons (Fsp3) is 0.182. The van der Waals surface area contributed by atoms with E-state index in [1.54, 1.807) is 10.9 Å². The zero-order chi connectivity index (χ0) is 13.0. The van der Waals surface area contributed by atoms with Crippen LogP contribution in [0.3, 0.4) is 0 Å². The summed E-state index contributed by atoms with van der Waals surface area (Å²) in [7, 11) is 0. The van der Waals surface area contributed by atoms with E-state index in [9.17, 15) is 4.79 Å². The standard InChI is InChI=1S/C11H10ClN3O2S/c12-9-4-2-1-3-8(9)5-15-7-13-14-11(15)18-6-10(16)17/h1-4,7H,5-6H2,(H,16,17). The Hall–Kier alpha value is -1.53. The van der Waals surface area contributed by atoms with Crippen LogP contribution < -0.4 is 0 Å². The first-order chi connectivity index (χ1) is 8.66. The summed E-state index contributed by atoms with van der Waals surface area (Å²) < 4.78 is 1.77. The maximum absolute atomic E-state index is 10.5. The smallest absolute Gasteiger partial charge is 0.313 e. The third-order valence-electron chi connectivity index (χ3n) is 2.20. The minimum Gasteiger partial charge on any atom is -0.481 e. The average Bonchev–Trinajstić information content (AvgIpc) is 2.77. The number of rotatable bonds is 5. The van der Waals surface area contributed by atoms with Crippen molar-refractivity contribution in [1.29, 1.82) is 0 Å². The van der Waals surface area contributed by atoms with Gasteiger partial charge in [0.05, 0.1) is 12.3 Å². The fourth-order valence-corrected chi connectivity index (χ4v) is 2.23. The molecule has 0 fully saturated rings. The normalized spacial score (nSPS) is 10.5. The molecule has 0 atom stereocenters. The first-order valence-electron chi connectivity index (χ1n) is 5.12. The highest BCUT2D eigenvalue weighted by Crippen LogP contribution is 2.20. The number of carboxylic acid groups (broad SMARTS) is 1. The van der Waals surface area contributed by atoms with Gasteiger partial charge in [0, 0.05) is 5.02 Å². The average molecular weight is 284 g/mol. The van der Waals surface area contributed by atoms with E-state index in [4.69, 9.17) is 16.7 Å². The summed E-state index contributed by atoms with van der Waals surface area (Å²) >= 11 is 7.20. The predicted molar refractivity (Wildman–Crippen MR) is 68.9 cm³/mol. The molecule has 1 N–H and O–H groups in total. The van der Waals surface area contributed by atoms with Crippen molar-refractivity contribution < 1.29 is 9.90 Å². The molecule has 0 amide bonds. The van der Waals surface area contributed by atoms with Gasteiger partial charge in [0.1, 0.15) is 6.33 Å². The number of halogens is 1. The summed E-state index contributed by atoms with van der Waals surface area (Å²) in [5.74, 6) is -0.923. The van der Waals surface area contributed by atoms with E-state index in [0.717, 1.165) is 17.3 Å². The van der Waals surface area contributed by atoms with Gasteiger partial charge < -0.3 is 9.67 Å². The zero-order valence-corrected chi connectivity index (χ0v) is 10.9. The number of aliphatic carboxylic acids is 1. The van der Waals surface area contributed by atoms with E-state index < -0.39 is 5.97 Å². The van der Waals surface area contributed by atoms with Crippen molar-refractivity contribution >= 4 is 29.3 Å². The van der Waals surface area contributed by atoms with Crippen LogP contribution in [0.5, 0.6) is 0 Å². The molecular formula is C11H10ClN3O2S. The number of carboxylic acids is 1. The van der Waals surface area contributed by atoms with Crippen molar-refractivity contribution in [3.63, 3.8) is 0 Å². The second kappa shape index (κ2) is 5.88. The third-order valence-corrected chi connectivity index (χ3v) is 3.54. The Labute approximate surface area is 113 Å². The fourth-order valence-electron chi connectivity index (χ4n) is 1.40. The molecule has 0 aliphatic carbocycles. The number of aromatic nitrogens is 3. The number of hydrogen-bond acceptors (Lipinski definition) is 4. The summed E-state index contributed by atoms with van der Waals surface area (Å²) in [6.45, 7) is 0.522. The summed E-state index contributed by atoms with van der Waals surface area (Å²) in [5, 5.41) is 17.5. The maximum Gasteiger partial charge on any atom is 0.313 e. The van der Waals surface area contributed by atoms with Crippen LogP contribution in [0.4, 0.5) is 0 Å². The van der Waals surface area contributed by atoms with E-state index in [2.05, 4.69) is 10.2 Å². The van der Waals surface area contributed by atoms with E-state index in [0.29, 0.717) is 16.7 Å². The molecule has 0 unspecified atom stereocenters. The van der Waals surface area contributed by atoms with Gasteiger partial charge in [0.15, 0.2) is 5.16 Å². The van der Waals surface area contributed by atoms with Gasteiger partial charge in [-0.1, -0.05) is 41.6 Å². The number of thioether (sulfide) groups is 1. The van der Waals surface area contributed by atoms with Crippen molar-refractivity contribution in [2.45, 2.75) is 11.7 Å². The summed E-state index contributed by atoms with van der Waals surface area (Å²) in [6.07, 6.45) is 1.56. The van der Waals surface area contributed by atoms with Gasteiger partial charge >= 0.3 is 5.97 Å². The molecule has 5 nitrogen and oxygen atoms in total. The molecular weight excluding hydrogens is 274 g/mol. The molecule has 7 heteroatoms. The number of benzene rings is 1. The van der Waals surface area contributed by atoms with Gasteiger partial charge in [-0.15, -0.1) is 10.2 Å². The quantitative estimate of drug-likeness (QED) is 0.852. The molecule has 0 aliphatic heterocycles. The predicted octanol–water partition coefficient (Wildman–Crippen LogP) is 2.16. The minimum atomic E-state index is -0.882. The minimum absolute atomic E-state index is 0.0405. The molecule has 0 saturated heterocycles. The van der Waals surface area contributed by atoms with Gasteiger partial charge in [-0.3, -0.25) is 4.79 Å². The molecule has 0 bridgehead atoms. The molecule has 18 heavy (non-hydrogen) atoms. The highest BCUT2D eigenvalue weighted by atomic mass is 35.5. The van der Waals surface area contributed by atoms with Crippen LogP contribution in [0.2, 0.25) is 5.02 Å². The molecule has 1 aromatic carbocycles. The number of carbonyl (C=O) groups is 1. The van der Waals surface area contributed by atoms with Gasteiger partial charge in [-0.2, -0.15) is 0 Å². The summed E-state index contributed by atoms with van der Waals surface area (Å²) in [4.78, 5) is 10.5. The molecule has 94 valence electrons. The number of nitrogens with zero attached hydrogens (tertiary/aromatic N) is 3. The Morgan fingerprint density at radius 1 is 1.44 bits per heavy atom. The lowest BCUT2D eigenvalue weighted by Gasteiger charge is -2.06. The SMILES string of the molecule is O=C(O)CSc1nncn1Cc1ccccc1Cl. The van der Waals surface area contributed by atoms with Crippen molar-refractivity contribution in [2.24, 2.45) is 0 Å². The van der Waals surface area contributed by atoms with Gasteiger partial charge in [0.2, 0.25) is 0 Å². The Morgan fingerprint density at radius 2 is 2.22 bits per heavy atom. The van der Waals surface area contributed by atoms with E-state index >= 15 is 0 Å². The van der Waals surface area contributed by atoms with E-state index in [-0.39, 0.29) is 5.75 Å². The molecule has 2 rings (SSSR count). The van der Waals surface area contributed by atoms with Crippen LogP contribution >= 0.6 is 23.4 Å².